The summed E-state index contributed by atoms with van der Waals surface area (Å²) < 4.78 is 0. The van der Waals surface area contributed by atoms with Gasteiger partial charge in [0.2, 0.25) is 0 Å². The van der Waals surface area contributed by atoms with Gasteiger partial charge in [-0.3, -0.25) is 4.79 Å². The van der Waals surface area contributed by atoms with Crippen LogP contribution in [0.5, 0.6) is 0 Å². The first-order valence-corrected chi connectivity index (χ1v) is 9.68. The first kappa shape index (κ1) is 18.4. The van der Waals surface area contributed by atoms with Gasteiger partial charge in [-0.05, 0) is 57.2 Å². The molecule has 2 aliphatic rings. The molecule has 0 amide bonds. The standard InChI is InChI=1S/C21H31NO3/c1-22-14-8-9-17(16-22)15-21(19(23)24,18-10-4-2-5-11-18)20(25)12-6-3-7-13-20/h2,4-5,10-11,17,25H,3,6-9,12-16H2,1H3,(H,23,24)/t17-,21-/m0/s1. The van der Waals surface area contributed by atoms with Crippen LogP contribution in [0, 0.1) is 5.92 Å². The largest absolute Gasteiger partial charge is 0.480 e. The number of aliphatic hydroxyl groups is 1. The minimum Gasteiger partial charge on any atom is -0.480 e. The second-order valence-corrected chi connectivity index (χ2v) is 8.14. The first-order valence-electron chi connectivity index (χ1n) is 9.68. The molecule has 25 heavy (non-hydrogen) atoms. The molecule has 1 aromatic carbocycles. The van der Waals surface area contributed by atoms with Gasteiger partial charge in [-0.2, -0.15) is 0 Å². The molecule has 1 saturated heterocycles. The van der Waals surface area contributed by atoms with Gasteiger partial charge in [-0.25, -0.2) is 0 Å². The number of hydrogen-bond donors (Lipinski definition) is 2. The molecule has 0 bridgehead atoms. The Bertz CT molecular complexity index is 582. The molecule has 4 nitrogen and oxygen atoms in total. The van der Waals surface area contributed by atoms with Crippen molar-refractivity contribution in [1.29, 1.82) is 0 Å². The van der Waals surface area contributed by atoms with Crippen LogP contribution in [0.2, 0.25) is 0 Å². The van der Waals surface area contributed by atoms with E-state index in [0.29, 0.717) is 25.2 Å². The van der Waals surface area contributed by atoms with Gasteiger partial charge in [0.25, 0.3) is 0 Å². The highest BCUT2D eigenvalue weighted by atomic mass is 16.4. The van der Waals surface area contributed by atoms with Gasteiger partial charge in [0.1, 0.15) is 5.41 Å². The minimum absolute atomic E-state index is 0.306. The van der Waals surface area contributed by atoms with E-state index < -0.39 is 17.0 Å². The van der Waals surface area contributed by atoms with E-state index in [1.165, 1.54) is 0 Å². The SMILES string of the molecule is CN1CCC[C@@H](C[C@@](C(=O)O)(c2ccccc2)C2(O)CCCCC2)C1. The number of likely N-dealkylation sites (tertiary alicyclic amines) is 1. The van der Waals surface area contributed by atoms with Crippen molar-refractivity contribution in [2.45, 2.75) is 62.4 Å². The van der Waals surface area contributed by atoms with E-state index in [4.69, 9.17) is 0 Å². The zero-order chi connectivity index (χ0) is 17.9. The lowest BCUT2D eigenvalue weighted by molar-refractivity contribution is -0.163. The van der Waals surface area contributed by atoms with Gasteiger partial charge < -0.3 is 15.1 Å². The summed E-state index contributed by atoms with van der Waals surface area (Å²) in [4.78, 5) is 15.0. The van der Waals surface area contributed by atoms with Crippen molar-refractivity contribution in [3.05, 3.63) is 35.9 Å². The van der Waals surface area contributed by atoms with Crippen LogP contribution >= 0.6 is 0 Å². The van der Waals surface area contributed by atoms with Crippen LogP contribution in [0.1, 0.15) is 56.9 Å². The predicted molar refractivity (Wildman–Crippen MR) is 98.6 cm³/mol. The Morgan fingerprint density at radius 1 is 1.20 bits per heavy atom. The molecule has 1 aromatic rings. The van der Waals surface area contributed by atoms with Crippen LogP contribution in [0.15, 0.2) is 30.3 Å². The van der Waals surface area contributed by atoms with Gasteiger partial charge in [0.05, 0.1) is 5.60 Å². The molecule has 1 heterocycles. The first-order chi connectivity index (χ1) is 12.0. The maximum absolute atomic E-state index is 12.7. The van der Waals surface area contributed by atoms with E-state index >= 15 is 0 Å². The number of piperidine rings is 1. The molecule has 1 saturated carbocycles. The molecular weight excluding hydrogens is 314 g/mol. The molecule has 4 heteroatoms. The zero-order valence-corrected chi connectivity index (χ0v) is 15.3. The highest BCUT2D eigenvalue weighted by Crippen LogP contribution is 2.49. The third kappa shape index (κ3) is 3.47. The molecule has 138 valence electrons. The summed E-state index contributed by atoms with van der Waals surface area (Å²) in [6.07, 6.45) is 6.72. The third-order valence-corrected chi connectivity index (χ3v) is 6.42. The van der Waals surface area contributed by atoms with E-state index in [1.54, 1.807) is 0 Å². The second-order valence-electron chi connectivity index (χ2n) is 8.14. The van der Waals surface area contributed by atoms with Crippen LogP contribution < -0.4 is 0 Å². The van der Waals surface area contributed by atoms with Crippen molar-refractivity contribution in [3.63, 3.8) is 0 Å². The number of nitrogens with zero attached hydrogens (tertiary/aromatic N) is 1. The van der Waals surface area contributed by atoms with Gasteiger partial charge >= 0.3 is 5.97 Å². The summed E-state index contributed by atoms with van der Waals surface area (Å²) in [5, 5.41) is 22.0. The Hall–Kier alpha value is -1.39. The number of carboxylic acid groups (broad SMARTS) is 1. The van der Waals surface area contributed by atoms with Gasteiger partial charge in [0, 0.05) is 6.54 Å². The van der Waals surface area contributed by atoms with Crippen molar-refractivity contribution in [1.82, 2.24) is 4.90 Å². The molecule has 2 N–H and O–H groups in total. The number of aliphatic carboxylic acids is 1. The van der Waals surface area contributed by atoms with Crippen molar-refractivity contribution in [2.75, 3.05) is 20.1 Å². The Labute approximate surface area is 150 Å². The van der Waals surface area contributed by atoms with Crippen molar-refractivity contribution in [2.24, 2.45) is 5.92 Å². The zero-order valence-electron chi connectivity index (χ0n) is 15.3. The molecule has 1 aliphatic carbocycles. The summed E-state index contributed by atoms with van der Waals surface area (Å²) in [6.45, 7) is 1.99. The fourth-order valence-corrected chi connectivity index (χ4v) is 5.15. The van der Waals surface area contributed by atoms with E-state index in [1.807, 2.05) is 30.3 Å². The summed E-state index contributed by atoms with van der Waals surface area (Å²) in [5.74, 6) is -0.558. The normalized spacial score (nSPS) is 26.7. The monoisotopic (exact) mass is 345 g/mol. The van der Waals surface area contributed by atoms with Gasteiger partial charge in [-0.15, -0.1) is 0 Å². The average Bonchev–Trinajstić information content (AvgIpc) is 2.60. The van der Waals surface area contributed by atoms with Crippen molar-refractivity contribution in [3.8, 4) is 0 Å². The maximum atomic E-state index is 12.7. The van der Waals surface area contributed by atoms with Crippen LogP contribution in [-0.2, 0) is 10.2 Å². The van der Waals surface area contributed by atoms with Crippen LogP contribution in [0.25, 0.3) is 0 Å². The molecule has 0 unspecified atom stereocenters. The summed E-state index contributed by atoms with van der Waals surface area (Å²) in [6, 6.07) is 9.49. The Balaban J connectivity index is 2.03. The lowest BCUT2D eigenvalue weighted by Crippen LogP contribution is -2.59. The van der Waals surface area contributed by atoms with Crippen LogP contribution in [-0.4, -0.2) is 46.8 Å². The summed E-state index contributed by atoms with van der Waals surface area (Å²) in [5.41, 5.74) is -1.61. The molecule has 2 atom stereocenters. The van der Waals surface area contributed by atoms with E-state index in [-0.39, 0.29) is 0 Å². The summed E-state index contributed by atoms with van der Waals surface area (Å²) in [7, 11) is 2.10. The lowest BCUT2D eigenvalue weighted by atomic mass is 9.58. The Morgan fingerprint density at radius 3 is 2.48 bits per heavy atom. The molecule has 0 radical (unpaired) electrons. The Kier molecular flexibility index (Phi) is 5.49. The molecule has 0 aromatic heterocycles. The highest BCUT2D eigenvalue weighted by Gasteiger charge is 2.57. The summed E-state index contributed by atoms with van der Waals surface area (Å²) >= 11 is 0. The van der Waals surface area contributed by atoms with Crippen LogP contribution in [0.4, 0.5) is 0 Å². The topological polar surface area (TPSA) is 60.8 Å². The number of carbonyl (C=O) groups is 1. The van der Waals surface area contributed by atoms with E-state index in [0.717, 1.165) is 50.8 Å². The van der Waals surface area contributed by atoms with Crippen LogP contribution in [0.3, 0.4) is 0 Å². The predicted octanol–water partition coefficient (Wildman–Crippen LogP) is 3.44. The molecule has 1 aliphatic heterocycles. The number of rotatable bonds is 5. The van der Waals surface area contributed by atoms with Gasteiger partial charge in [-0.1, -0.05) is 49.6 Å². The molecular formula is C21H31NO3. The van der Waals surface area contributed by atoms with Crippen molar-refractivity contribution < 1.29 is 15.0 Å². The van der Waals surface area contributed by atoms with Crippen molar-refractivity contribution >= 4 is 5.97 Å². The number of carboxylic acids is 1. The average molecular weight is 345 g/mol. The van der Waals surface area contributed by atoms with Gasteiger partial charge in [0.15, 0.2) is 0 Å². The minimum atomic E-state index is -1.21. The fraction of sp³-hybridized carbons (Fsp3) is 0.667. The number of hydrogen-bond acceptors (Lipinski definition) is 3. The quantitative estimate of drug-likeness (QED) is 0.858. The van der Waals surface area contributed by atoms with E-state index in [2.05, 4.69) is 11.9 Å². The highest BCUT2D eigenvalue weighted by molar-refractivity contribution is 5.83. The molecule has 0 spiro atoms. The van der Waals surface area contributed by atoms with E-state index in [9.17, 15) is 15.0 Å². The Morgan fingerprint density at radius 2 is 1.88 bits per heavy atom. The smallest absolute Gasteiger partial charge is 0.317 e. The second kappa shape index (κ2) is 7.46. The number of benzene rings is 1. The molecule has 2 fully saturated rings. The lowest BCUT2D eigenvalue weighted by Gasteiger charge is -2.49. The maximum Gasteiger partial charge on any atom is 0.317 e. The fourth-order valence-electron chi connectivity index (χ4n) is 5.15. The third-order valence-electron chi connectivity index (χ3n) is 6.42. The molecule has 3 rings (SSSR count).